The highest BCUT2D eigenvalue weighted by Crippen LogP contribution is 2.40. The fourth-order valence-electron chi connectivity index (χ4n) is 4.92. The Morgan fingerprint density at radius 2 is 2.00 bits per heavy atom. The molecule has 3 aliphatic heterocycles. The molecule has 0 atom stereocenters. The summed E-state index contributed by atoms with van der Waals surface area (Å²) in [5.74, 6) is 0.486. The molecule has 152 valence electrons. The molecule has 0 saturated carbocycles. The number of carboxylic acid groups (broad SMARTS) is 1. The monoisotopic (exact) mass is 386 g/mol. The molecule has 7 nitrogen and oxygen atoms in total. The van der Waals surface area contributed by atoms with Crippen LogP contribution >= 0.6 is 0 Å². The van der Waals surface area contributed by atoms with Crippen molar-refractivity contribution in [1.82, 2.24) is 14.8 Å². The first-order valence-corrected chi connectivity index (χ1v) is 10.5. The van der Waals surface area contributed by atoms with E-state index in [9.17, 15) is 9.59 Å². The second-order valence-corrected chi connectivity index (χ2v) is 8.44. The largest absolute Gasteiger partial charge is 0.480 e. The molecule has 0 aliphatic carbocycles. The molecule has 28 heavy (non-hydrogen) atoms. The zero-order valence-electron chi connectivity index (χ0n) is 16.5. The second kappa shape index (κ2) is 8.07. The Hall–Kier alpha value is -2.15. The Morgan fingerprint density at radius 1 is 1.18 bits per heavy atom. The molecule has 7 heteroatoms. The van der Waals surface area contributed by atoms with Gasteiger partial charge < -0.3 is 15.3 Å². The van der Waals surface area contributed by atoms with Gasteiger partial charge in [0.15, 0.2) is 0 Å². The van der Waals surface area contributed by atoms with E-state index >= 15 is 0 Å². The quantitative estimate of drug-likeness (QED) is 0.802. The van der Waals surface area contributed by atoms with Crippen LogP contribution in [-0.2, 0) is 22.4 Å². The maximum absolute atomic E-state index is 13.2. The molecule has 0 bridgehead atoms. The number of likely N-dealkylation sites (tertiary alicyclic amines) is 2. The van der Waals surface area contributed by atoms with Crippen molar-refractivity contribution in [2.45, 2.75) is 44.9 Å². The van der Waals surface area contributed by atoms with E-state index in [1.54, 1.807) is 0 Å². The summed E-state index contributed by atoms with van der Waals surface area (Å²) in [6, 6.07) is 4.27. The maximum Gasteiger partial charge on any atom is 0.317 e. The molecule has 2 fully saturated rings. The van der Waals surface area contributed by atoms with Crippen molar-refractivity contribution >= 4 is 17.7 Å². The summed E-state index contributed by atoms with van der Waals surface area (Å²) in [7, 11) is 0. The van der Waals surface area contributed by atoms with Gasteiger partial charge in [-0.3, -0.25) is 14.5 Å². The second-order valence-electron chi connectivity index (χ2n) is 8.44. The predicted octanol–water partition coefficient (Wildman–Crippen LogP) is 1.77. The number of carbonyl (C=O) groups is 2. The normalized spacial score (nSPS) is 22.0. The van der Waals surface area contributed by atoms with Crippen LogP contribution in [0.25, 0.3) is 0 Å². The van der Waals surface area contributed by atoms with Crippen molar-refractivity contribution < 1.29 is 14.7 Å². The van der Waals surface area contributed by atoms with Gasteiger partial charge in [-0.05, 0) is 63.2 Å². The Bertz CT molecular complexity index is 743. The van der Waals surface area contributed by atoms with E-state index in [0.29, 0.717) is 19.6 Å². The maximum atomic E-state index is 13.2. The van der Waals surface area contributed by atoms with Crippen LogP contribution in [-0.4, -0.2) is 71.0 Å². The highest BCUT2D eigenvalue weighted by molar-refractivity contribution is 5.83. The van der Waals surface area contributed by atoms with Crippen molar-refractivity contribution in [2.75, 3.05) is 44.6 Å². The van der Waals surface area contributed by atoms with Gasteiger partial charge >= 0.3 is 5.97 Å². The molecule has 2 saturated heterocycles. The van der Waals surface area contributed by atoms with Gasteiger partial charge in [0, 0.05) is 31.7 Å². The predicted molar refractivity (Wildman–Crippen MR) is 106 cm³/mol. The summed E-state index contributed by atoms with van der Waals surface area (Å²) >= 11 is 0. The SMILES string of the molecule is O=C(O)CN1CCC2(CCCN(CCc3ccc4c(n3)NCCC4)C2=O)CC1. The van der Waals surface area contributed by atoms with Crippen LogP contribution in [0.15, 0.2) is 12.1 Å². The number of aromatic nitrogens is 1. The minimum absolute atomic E-state index is 0.0754. The van der Waals surface area contributed by atoms with Crippen molar-refractivity contribution in [3.05, 3.63) is 23.4 Å². The Morgan fingerprint density at radius 3 is 2.79 bits per heavy atom. The molecule has 2 N–H and O–H groups in total. The van der Waals surface area contributed by atoms with Crippen molar-refractivity contribution in [3.8, 4) is 0 Å². The lowest BCUT2D eigenvalue weighted by atomic mass is 9.71. The van der Waals surface area contributed by atoms with E-state index in [1.807, 2.05) is 9.80 Å². The summed E-state index contributed by atoms with van der Waals surface area (Å²) in [6.45, 7) is 3.99. The number of rotatable bonds is 5. The molecular weight excluding hydrogens is 356 g/mol. The first kappa shape index (κ1) is 19.2. The number of aryl methyl sites for hydroxylation is 1. The zero-order valence-corrected chi connectivity index (χ0v) is 16.5. The number of pyridine rings is 1. The molecule has 1 spiro atoms. The van der Waals surface area contributed by atoms with Crippen LogP contribution < -0.4 is 5.32 Å². The Kier molecular flexibility index (Phi) is 5.53. The van der Waals surface area contributed by atoms with E-state index in [0.717, 1.165) is 69.5 Å². The molecule has 1 amide bonds. The summed E-state index contributed by atoms with van der Waals surface area (Å²) < 4.78 is 0. The number of carbonyl (C=O) groups excluding carboxylic acids is 1. The molecule has 3 aliphatic rings. The van der Waals surface area contributed by atoms with Crippen LogP contribution in [0.3, 0.4) is 0 Å². The van der Waals surface area contributed by atoms with Crippen LogP contribution in [0.5, 0.6) is 0 Å². The van der Waals surface area contributed by atoms with Gasteiger partial charge in [0.1, 0.15) is 5.82 Å². The standard InChI is InChI=1S/C21H30N4O3/c26-18(27)15-24-13-8-21(9-14-24)7-2-11-25(20(21)28)12-6-17-5-4-16-3-1-10-22-19(16)23-17/h4-5H,1-3,6-15H2,(H,22,23)(H,26,27). The minimum atomic E-state index is -0.792. The number of piperidine rings is 2. The molecule has 0 radical (unpaired) electrons. The van der Waals surface area contributed by atoms with Gasteiger partial charge in [-0.15, -0.1) is 0 Å². The molecule has 0 unspecified atom stereocenters. The first-order valence-electron chi connectivity index (χ1n) is 10.5. The van der Waals surface area contributed by atoms with E-state index in [1.165, 1.54) is 5.56 Å². The van der Waals surface area contributed by atoms with Crippen LogP contribution in [0.2, 0.25) is 0 Å². The van der Waals surface area contributed by atoms with Gasteiger partial charge in [0.25, 0.3) is 0 Å². The van der Waals surface area contributed by atoms with Crippen molar-refractivity contribution in [2.24, 2.45) is 5.41 Å². The van der Waals surface area contributed by atoms with Crippen molar-refractivity contribution in [1.29, 1.82) is 0 Å². The molecule has 0 aromatic carbocycles. The average Bonchev–Trinajstić information content (AvgIpc) is 2.70. The number of fused-ring (bicyclic) bond motifs is 1. The Labute approximate surface area is 166 Å². The summed E-state index contributed by atoms with van der Waals surface area (Å²) in [6.07, 6.45) is 6.53. The number of hydrogen-bond acceptors (Lipinski definition) is 5. The number of aliphatic carboxylic acids is 1. The molecule has 1 aromatic rings. The molecule has 1 aromatic heterocycles. The van der Waals surface area contributed by atoms with Gasteiger partial charge in [-0.25, -0.2) is 4.98 Å². The number of carboxylic acids is 1. The molecular formula is C21H30N4O3. The van der Waals surface area contributed by atoms with E-state index < -0.39 is 5.97 Å². The van der Waals surface area contributed by atoms with Gasteiger partial charge in [0.05, 0.1) is 12.0 Å². The fourth-order valence-corrected chi connectivity index (χ4v) is 4.92. The molecule has 4 rings (SSSR count). The van der Waals surface area contributed by atoms with Gasteiger partial charge in [-0.1, -0.05) is 6.07 Å². The number of nitrogens with zero attached hydrogens (tertiary/aromatic N) is 3. The third kappa shape index (κ3) is 3.99. The van der Waals surface area contributed by atoms with Crippen molar-refractivity contribution in [3.63, 3.8) is 0 Å². The number of nitrogens with one attached hydrogen (secondary N) is 1. The number of amides is 1. The van der Waals surface area contributed by atoms with E-state index in [2.05, 4.69) is 17.4 Å². The first-order chi connectivity index (χ1) is 13.6. The summed E-state index contributed by atoms with van der Waals surface area (Å²) in [4.78, 5) is 32.9. The highest BCUT2D eigenvalue weighted by Gasteiger charge is 2.45. The fraction of sp³-hybridized carbons (Fsp3) is 0.667. The molecule has 4 heterocycles. The third-order valence-corrected chi connectivity index (χ3v) is 6.59. The van der Waals surface area contributed by atoms with Crippen LogP contribution in [0.4, 0.5) is 5.82 Å². The van der Waals surface area contributed by atoms with E-state index in [4.69, 9.17) is 10.1 Å². The van der Waals surface area contributed by atoms with Crippen LogP contribution in [0.1, 0.15) is 43.4 Å². The number of hydrogen-bond donors (Lipinski definition) is 2. The van der Waals surface area contributed by atoms with Gasteiger partial charge in [0.2, 0.25) is 5.91 Å². The lowest BCUT2D eigenvalue weighted by Gasteiger charge is -2.46. The van der Waals surface area contributed by atoms with Crippen LogP contribution in [0, 0.1) is 5.41 Å². The zero-order chi connectivity index (χ0) is 19.6. The lowest BCUT2D eigenvalue weighted by molar-refractivity contribution is -0.150. The smallest absolute Gasteiger partial charge is 0.317 e. The Balaban J connectivity index is 1.35. The van der Waals surface area contributed by atoms with E-state index in [-0.39, 0.29) is 17.9 Å². The average molecular weight is 386 g/mol. The van der Waals surface area contributed by atoms with Gasteiger partial charge in [-0.2, -0.15) is 0 Å². The summed E-state index contributed by atoms with van der Waals surface area (Å²) in [5.41, 5.74) is 2.05. The summed E-state index contributed by atoms with van der Waals surface area (Å²) in [5, 5.41) is 12.4. The topological polar surface area (TPSA) is 85.8 Å². The minimum Gasteiger partial charge on any atom is -0.480 e. The third-order valence-electron chi connectivity index (χ3n) is 6.59. The lowest BCUT2D eigenvalue weighted by Crippen LogP contribution is -2.54. The number of anilines is 1. The highest BCUT2D eigenvalue weighted by atomic mass is 16.4.